The average molecular weight is 406 g/mol. The summed E-state index contributed by atoms with van der Waals surface area (Å²) in [5.41, 5.74) is 0. The monoisotopic (exact) mass is 406 g/mol. The van der Waals surface area contributed by atoms with E-state index in [0.29, 0.717) is 24.8 Å². The molecule has 10 heteroatoms. The zero-order valence-electron chi connectivity index (χ0n) is 17.0. The lowest BCUT2D eigenvalue weighted by Gasteiger charge is -2.36. The lowest BCUT2D eigenvalue weighted by molar-refractivity contribution is -0.389. The van der Waals surface area contributed by atoms with Crippen LogP contribution in [0, 0.1) is 23.0 Å². The van der Waals surface area contributed by atoms with Crippen LogP contribution in [0.4, 0.5) is 5.82 Å². The molecule has 10 nitrogen and oxygen atoms in total. The van der Waals surface area contributed by atoms with Crippen LogP contribution in [-0.4, -0.2) is 75.4 Å². The van der Waals surface area contributed by atoms with Crippen LogP contribution < -0.4 is 5.32 Å². The number of amides is 2. The zero-order chi connectivity index (χ0) is 20.8. The normalized spacial score (nSPS) is 18.2. The first-order chi connectivity index (χ1) is 13.9. The van der Waals surface area contributed by atoms with Crippen molar-refractivity contribution in [2.24, 2.45) is 5.92 Å². The maximum atomic E-state index is 12.5. The van der Waals surface area contributed by atoms with Crippen LogP contribution in [0.5, 0.6) is 0 Å². The first-order valence-corrected chi connectivity index (χ1v) is 10.4. The molecule has 0 unspecified atom stereocenters. The minimum atomic E-state index is -0.537. The Bertz CT molecular complexity index is 735. The molecule has 1 saturated heterocycles. The van der Waals surface area contributed by atoms with Gasteiger partial charge in [-0.05, 0) is 22.7 Å². The van der Waals surface area contributed by atoms with E-state index in [1.54, 1.807) is 11.5 Å². The van der Waals surface area contributed by atoms with Crippen molar-refractivity contribution in [3.05, 3.63) is 22.1 Å². The lowest BCUT2D eigenvalue weighted by Crippen LogP contribution is -2.51. The second kappa shape index (κ2) is 9.82. The number of hydrogen-bond acceptors (Lipinski definition) is 6. The number of aromatic nitrogens is 2. The van der Waals surface area contributed by atoms with Crippen LogP contribution in [0.15, 0.2) is 6.20 Å². The van der Waals surface area contributed by atoms with E-state index in [-0.39, 0.29) is 24.1 Å². The van der Waals surface area contributed by atoms with Gasteiger partial charge in [-0.1, -0.05) is 12.8 Å². The summed E-state index contributed by atoms with van der Waals surface area (Å²) in [6.07, 6.45) is 6.03. The molecule has 2 aliphatic rings. The second-order valence-corrected chi connectivity index (χ2v) is 7.85. The van der Waals surface area contributed by atoms with E-state index in [9.17, 15) is 19.7 Å². The molecule has 3 rings (SSSR count). The van der Waals surface area contributed by atoms with Gasteiger partial charge in [0.05, 0.1) is 0 Å². The quantitative estimate of drug-likeness (QED) is 0.508. The Morgan fingerprint density at radius 1 is 1.21 bits per heavy atom. The van der Waals surface area contributed by atoms with E-state index in [0.717, 1.165) is 45.6 Å². The molecule has 0 bridgehead atoms. The van der Waals surface area contributed by atoms with Crippen LogP contribution in [-0.2, 0) is 16.1 Å². The summed E-state index contributed by atoms with van der Waals surface area (Å²) in [6, 6.07) is 0. The highest BCUT2D eigenvalue weighted by Crippen LogP contribution is 2.26. The third-order valence-electron chi connectivity index (χ3n) is 5.87. The fourth-order valence-corrected chi connectivity index (χ4v) is 4.09. The predicted octanol–water partition coefficient (Wildman–Crippen LogP) is 0.940. The van der Waals surface area contributed by atoms with Gasteiger partial charge in [0.2, 0.25) is 17.6 Å². The minimum Gasteiger partial charge on any atom is -0.358 e. The van der Waals surface area contributed by atoms with E-state index in [2.05, 4.69) is 15.2 Å². The lowest BCUT2D eigenvalue weighted by atomic mass is 10.1. The Morgan fingerprint density at radius 2 is 1.90 bits per heavy atom. The SMILES string of the molecule is Cc1nc([N+](=O)[O-])cn1CCC(=O)NCCN1CCN(C(=O)C2CCCC2)CC1. The maximum absolute atomic E-state index is 12.5. The molecule has 1 aromatic rings. The number of nitrogens with one attached hydrogen (secondary N) is 1. The molecule has 2 fully saturated rings. The smallest absolute Gasteiger partial charge is 0.358 e. The molecule has 2 heterocycles. The highest BCUT2D eigenvalue weighted by Gasteiger charge is 2.29. The first kappa shape index (κ1) is 21.2. The van der Waals surface area contributed by atoms with Gasteiger partial charge in [-0.15, -0.1) is 0 Å². The summed E-state index contributed by atoms with van der Waals surface area (Å²) >= 11 is 0. The van der Waals surface area contributed by atoms with Gasteiger partial charge in [0.25, 0.3) is 0 Å². The molecule has 0 atom stereocenters. The number of carbonyl (C=O) groups is 2. The largest absolute Gasteiger partial charge is 0.381 e. The van der Waals surface area contributed by atoms with Gasteiger partial charge in [0, 0.05) is 65.1 Å². The number of hydrogen-bond donors (Lipinski definition) is 1. The number of nitrogens with zero attached hydrogens (tertiary/aromatic N) is 5. The Kier molecular flexibility index (Phi) is 7.18. The zero-order valence-corrected chi connectivity index (χ0v) is 17.0. The van der Waals surface area contributed by atoms with Gasteiger partial charge in [0.15, 0.2) is 0 Å². The van der Waals surface area contributed by atoms with E-state index in [4.69, 9.17) is 0 Å². The molecule has 29 heavy (non-hydrogen) atoms. The van der Waals surface area contributed by atoms with Gasteiger partial charge in [-0.2, -0.15) is 0 Å². The van der Waals surface area contributed by atoms with E-state index in [1.807, 2.05) is 4.90 Å². The molecule has 1 aromatic heterocycles. The van der Waals surface area contributed by atoms with Crippen LogP contribution in [0.1, 0.15) is 37.9 Å². The van der Waals surface area contributed by atoms with Crippen LogP contribution in [0.3, 0.4) is 0 Å². The topological polar surface area (TPSA) is 114 Å². The Labute approximate surface area is 170 Å². The Hall–Kier alpha value is -2.49. The van der Waals surface area contributed by atoms with Gasteiger partial charge < -0.3 is 24.9 Å². The fourth-order valence-electron chi connectivity index (χ4n) is 4.09. The fraction of sp³-hybridized carbons (Fsp3) is 0.737. The number of carbonyl (C=O) groups excluding carboxylic acids is 2. The summed E-state index contributed by atoms with van der Waals surface area (Å²) < 4.78 is 1.62. The van der Waals surface area contributed by atoms with E-state index >= 15 is 0 Å². The van der Waals surface area contributed by atoms with Crippen molar-refractivity contribution in [2.45, 2.75) is 45.6 Å². The van der Waals surface area contributed by atoms with Crippen molar-refractivity contribution in [1.82, 2.24) is 24.7 Å². The molecule has 1 aliphatic carbocycles. The van der Waals surface area contributed by atoms with Crippen molar-refractivity contribution in [3.63, 3.8) is 0 Å². The molecule has 0 spiro atoms. The Balaban J connectivity index is 1.31. The van der Waals surface area contributed by atoms with Crippen LogP contribution in [0.2, 0.25) is 0 Å². The predicted molar refractivity (Wildman–Crippen MR) is 106 cm³/mol. The summed E-state index contributed by atoms with van der Waals surface area (Å²) in [4.78, 5) is 42.8. The molecular formula is C19H30N6O4. The molecule has 0 radical (unpaired) electrons. The maximum Gasteiger partial charge on any atom is 0.381 e. The standard InChI is InChI=1S/C19H30N6O4/c1-15-21-17(25(28)29)14-24(15)8-6-18(26)20-7-9-22-10-12-23(13-11-22)19(27)16-4-2-3-5-16/h14,16H,2-13H2,1H3,(H,20,26). The molecule has 1 saturated carbocycles. The number of piperazine rings is 1. The Morgan fingerprint density at radius 3 is 2.52 bits per heavy atom. The van der Waals surface area contributed by atoms with Crippen molar-refractivity contribution in [3.8, 4) is 0 Å². The first-order valence-electron chi connectivity index (χ1n) is 10.4. The van der Waals surface area contributed by atoms with Gasteiger partial charge >= 0.3 is 5.82 Å². The summed E-state index contributed by atoms with van der Waals surface area (Å²) in [5.74, 6) is 0.797. The van der Waals surface area contributed by atoms with E-state index in [1.165, 1.54) is 19.0 Å². The third kappa shape index (κ3) is 5.75. The summed E-state index contributed by atoms with van der Waals surface area (Å²) in [6.45, 7) is 6.57. The molecule has 0 aromatic carbocycles. The van der Waals surface area contributed by atoms with Gasteiger partial charge in [-0.3, -0.25) is 14.5 Å². The number of rotatable bonds is 8. The van der Waals surface area contributed by atoms with Crippen molar-refractivity contribution < 1.29 is 14.5 Å². The third-order valence-corrected chi connectivity index (χ3v) is 5.87. The highest BCUT2D eigenvalue weighted by atomic mass is 16.6. The second-order valence-electron chi connectivity index (χ2n) is 7.85. The molecule has 1 N–H and O–H groups in total. The molecular weight excluding hydrogens is 376 g/mol. The minimum absolute atomic E-state index is 0.0872. The van der Waals surface area contributed by atoms with Gasteiger partial charge in [0.1, 0.15) is 6.20 Å². The summed E-state index contributed by atoms with van der Waals surface area (Å²) in [5, 5.41) is 13.6. The number of aryl methyl sites for hydroxylation is 2. The van der Waals surface area contributed by atoms with Crippen molar-refractivity contribution in [2.75, 3.05) is 39.3 Å². The molecule has 1 aliphatic heterocycles. The highest BCUT2D eigenvalue weighted by molar-refractivity contribution is 5.79. The summed E-state index contributed by atoms with van der Waals surface area (Å²) in [7, 11) is 0. The van der Waals surface area contributed by atoms with Crippen LogP contribution in [0.25, 0.3) is 0 Å². The van der Waals surface area contributed by atoms with Crippen LogP contribution >= 0.6 is 0 Å². The molecule has 160 valence electrons. The number of imidazole rings is 1. The van der Waals surface area contributed by atoms with Crippen molar-refractivity contribution >= 4 is 17.6 Å². The van der Waals surface area contributed by atoms with Gasteiger partial charge in [-0.25, -0.2) is 0 Å². The van der Waals surface area contributed by atoms with E-state index < -0.39 is 4.92 Å². The average Bonchev–Trinajstić information content (AvgIpc) is 3.36. The number of nitro groups is 1. The van der Waals surface area contributed by atoms with Crippen molar-refractivity contribution in [1.29, 1.82) is 0 Å². The molecule has 2 amide bonds.